The quantitative estimate of drug-likeness (QED) is 0.882. The number of aliphatic hydroxyl groups is 1. The van der Waals surface area contributed by atoms with Crippen molar-refractivity contribution in [1.82, 2.24) is 4.98 Å². The summed E-state index contributed by atoms with van der Waals surface area (Å²) in [5, 5.41) is 8.84. The van der Waals surface area contributed by atoms with Gasteiger partial charge in [0.1, 0.15) is 4.21 Å². The van der Waals surface area contributed by atoms with E-state index in [1.165, 1.54) is 0 Å². The molecule has 0 radical (unpaired) electrons. The van der Waals surface area contributed by atoms with E-state index in [2.05, 4.69) is 9.71 Å². The zero-order chi connectivity index (χ0) is 13.9. The molecule has 0 spiro atoms. The lowest BCUT2D eigenvalue weighted by Gasteiger charge is -2.07. The van der Waals surface area contributed by atoms with Gasteiger partial charge in [0.05, 0.1) is 11.4 Å². The second-order valence-electron chi connectivity index (χ2n) is 3.94. The number of thiophene rings is 1. The van der Waals surface area contributed by atoms with Crippen LogP contribution in [0.1, 0.15) is 10.6 Å². The van der Waals surface area contributed by atoms with Gasteiger partial charge in [-0.25, -0.2) is 8.42 Å². The van der Waals surface area contributed by atoms with E-state index in [1.807, 2.05) is 0 Å². The number of pyridine rings is 1. The van der Waals surface area contributed by atoms with Crippen molar-refractivity contribution in [3.05, 3.63) is 41.0 Å². The number of hydrogen-bond acceptors (Lipinski definition) is 5. The lowest BCUT2D eigenvalue weighted by molar-refractivity contribution is 0.300. The number of sulfonamides is 1. The predicted octanol–water partition coefficient (Wildman–Crippen LogP) is 1.79. The molecule has 0 aliphatic rings. The van der Waals surface area contributed by atoms with Crippen molar-refractivity contribution in [3.8, 4) is 0 Å². The molecule has 0 bridgehead atoms. The fourth-order valence-electron chi connectivity index (χ4n) is 1.53. The average Bonchev–Trinajstić information content (AvgIpc) is 2.82. The summed E-state index contributed by atoms with van der Waals surface area (Å²) in [5.74, 6) is 0. The van der Waals surface area contributed by atoms with Crippen LogP contribution in [0.2, 0.25) is 0 Å². The van der Waals surface area contributed by atoms with Crippen molar-refractivity contribution in [2.75, 3.05) is 11.3 Å². The Balaban J connectivity index is 2.25. The van der Waals surface area contributed by atoms with Crippen LogP contribution >= 0.6 is 11.3 Å². The van der Waals surface area contributed by atoms with Crippen molar-refractivity contribution in [3.63, 3.8) is 0 Å². The van der Waals surface area contributed by atoms with E-state index in [0.29, 0.717) is 17.8 Å². The molecule has 0 aromatic carbocycles. The third-order valence-corrected chi connectivity index (χ3v) is 5.51. The number of anilines is 1. The molecule has 2 heterocycles. The SMILES string of the molecule is Cc1ncccc1NS(=O)(=O)c1ccc(CCO)s1. The summed E-state index contributed by atoms with van der Waals surface area (Å²) in [6, 6.07) is 6.60. The van der Waals surface area contributed by atoms with Gasteiger partial charge in [-0.3, -0.25) is 9.71 Å². The molecule has 2 N–H and O–H groups in total. The van der Waals surface area contributed by atoms with Crippen LogP contribution in [0.25, 0.3) is 0 Å². The summed E-state index contributed by atoms with van der Waals surface area (Å²) in [5.41, 5.74) is 1.10. The number of rotatable bonds is 5. The van der Waals surface area contributed by atoms with Crippen molar-refractivity contribution in [1.29, 1.82) is 0 Å². The summed E-state index contributed by atoms with van der Waals surface area (Å²) in [6.07, 6.45) is 2.07. The van der Waals surface area contributed by atoms with E-state index in [1.54, 1.807) is 37.4 Å². The van der Waals surface area contributed by atoms with E-state index in [0.717, 1.165) is 16.2 Å². The molecule has 19 heavy (non-hydrogen) atoms. The molecule has 0 saturated heterocycles. The molecular formula is C12H14N2O3S2. The Morgan fingerprint density at radius 2 is 2.16 bits per heavy atom. The minimum atomic E-state index is -3.59. The van der Waals surface area contributed by atoms with Crippen molar-refractivity contribution in [2.45, 2.75) is 17.6 Å². The molecule has 0 saturated carbocycles. The topological polar surface area (TPSA) is 79.3 Å². The van der Waals surface area contributed by atoms with Crippen LogP contribution in [0.15, 0.2) is 34.7 Å². The Morgan fingerprint density at radius 1 is 1.37 bits per heavy atom. The number of aromatic nitrogens is 1. The lowest BCUT2D eigenvalue weighted by atomic mass is 10.3. The Labute approximate surface area is 116 Å². The smallest absolute Gasteiger partial charge is 0.271 e. The van der Waals surface area contributed by atoms with Crippen molar-refractivity contribution in [2.24, 2.45) is 0 Å². The first-order valence-corrected chi connectivity index (χ1v) is 7.97. The van der Waals surface area contributed by atoms with Crippen molar-refractivity contribution < 1.29 is 13.5 Å². The maximum Gasteiger partial charge on any atom is 0.271 e. The standard InChI is InChI=1S/C12H14N2O3S2/c1-9-11(3-2-7-13-9)14-19(16,17)12-5-4-10(18-12)6-8-15/h2-5,7,14-15H,6,8H2,1H3. The second-order valence-corrected chi connectivity index (χ2v) is 7.01. The summed E-state index contributed by atoms with van der Waals surface area (Å²) < 4.78 is 27.1. The number of aliphatic hydroxyl groups excluding tert-OH is 1. The maximum absolute atomic E-state index is 12.2. The third kappa shape index (κ3) is 3.31. The van der Waals surface area contributed by atoms with E-state index >= 15 is 0 Å². The van der Waals surface area contributed by atoms with E-state index in [4.69, 9.17) is 5.11 Å². The van der Waals surface area contributed by atoms with Gasteiger partial charge in [-0.1, -0.05) is 0 Å². The monoisotopic (exact) mass is 298 g/mol. The van der Waals surface area contributed by atoms with Gasteiger partial charge in [0.25, 0.3) is 10.0 Å². The molecule has 0 fully saturated rings. The highest BCUT2D eigenvalue weighted by Crippen LogP contribution is 2.24. The zero-order valence-corrected chi connectivity index (χ0v) is 12.0. The Bertz CT molecular complexity index is 665. The molecule has 5 nitrogen and oxygen atoms in total. The fraction of sp³-hybridized carbons (Fsp3) is 0.250. The van der Waals surface area contributed by atoms with Gasteiger partial charge in [-0.05, 0) is 31.2 Å². The van der Waals surface area contributed by atoms with Gasteiger partial charge in [0.2, 0.25) is 0 Å². The molecule has 102 valence electrons. The first kappa shape index (κ1) is 14.0. The van der Waals surface area contributed by atoms with Crippen LogP contribution in [-0.2, 0) is 16.4 Å². The number of nitrogens with zero attached hydrogens (tertiary/aromatic N) is 1. The van der Waals surface area contributed by atoms with Crippen LogP contribution in [0.3, 0.4) is 0 Å². The van der Waals surface area contributed by atoms with Crippen molar-refractivity contribution >= 4 is 27.0 Å². The number of hydrogen-bond donors (Lipinski definition) is 2. The van der Waals surface area contributed by atoms with Gasteiger partial charge in [-0.2, -0.15) is 0 Å². The van der Waals surface area contributed by atoms with Gasteiger partial charge < -0.3 is 5.11 Å². The van der Waals surface area contributed by atoms with Crippen LogP contribution < -0.4 is 4.72 Å². The van der Waals surface area contributed by atoms with E-state index in [-0.39, 0.29) is 10.8 Å². The van der Waals surface area contributed by atoms with Gasteiger partial charge in [0, 0.05) is 24.1 Å². The Morgan fingerprint density at radius 3 is 2.84 bits per heavy atom. The van der Waals surface area contributed by atoms with Gasteiger partial charge >= 0.3 is 0 Å². The Hall–Kier alpha value is -1.44. The molecule has 2 aromatic heterocycles. The van der Waals surface area contributed by atoms with Crippen LogP contribution in [0.5, 0.6) is 0 Å². The Kier molecular flexibility index (Phi) is 4.18. The molecule has 0 aliphatic carbocycles. The zero-order valence-electron chi connectivity index (χ0n) is 10.3. The second kappa shape index (κ2) is 5.68. The molecule has 7 heteroatoms. The third-order valence-electron chi connectivity index (χ3n) is 2.51. The molecule has 2 aromatic rings. The molecule has 0 aliphatic heterocycles. The van der Waals surface area contributed by atoms with E-state index in [9.17, 15) is 8.42 Å². The summed E-state index contributed by atoms with van der Waals surface area (Å²) in [7, 11) is -3.59. The van der Waals surface area contributed by atoms with E-state index < -0.39 is 10.0 Å². The number of aryl methyl sites for hydroxylation is 1. The van der Waals surface area contributed by atoms with Crippen LogP contribution in [-0.4, -0.2) is 25.1 Å². The molecule has 2 rings (SSSR count). The van der Waals surface area contributed by atoms with Crippen LogP contribution in [0.4, 0.5) is 5.69 Å². The normalized spacial score (nSPS) is 11.5. The summed E-state index contributed by atoms with van der Waals surface area (Å²) in [6.45, 7) is 1.75. The first-order valence-electron chi connectivity index (χ1n) is 5.67. The summed E-state index contributed by atoms with van der Waals surface area (Å²) >= 11 is 1.16. The highest BCUT2D eigenvalue weighted by atomic mass is 32.2. The van der Waals surface area contributed by atoms with Crippen LogP contribution in [0, 0.1) is 6.92 Å². The maximum atomic E-state index is 12.2. The lowest BCUT2D eigenvalue weighted by Crippen LogP contribution is -2.12. The predicted molar refractivity (Wildman–Crippen MR) is 74.9 cm³/mol. The summed E-state index contributed by atoms with van der Waals surface area (Å²) in [4.78, 5) is 4.87. The molecule has 0 unspecified atom stereocenters. The van der Waals surface area contributed by atoms with Gasteiger partial charge in [-0.15, -0.1) is 11.3 Å². The first-order chi connectivity index (χ1) is 9.03. The molecule has 0 atom stereocenters. The number of nitrogens with one attached hydrogen (secondary N) is 1. The fourth-order valence-corrected chi connectivity index (χ4v) is 4.00. The minimum Gasteiger partial charge on any atom is -0.396 e. The minimum absolute atomic E-state index is 0.00907. The van der Waals surface area contributed by atoms with Gasteiger partial charge in [0.15, 0.2) is 0 Å². The molecular weight excluding hydrogens is 284 g/mol. The average molecular weight is 298 g/mol. The molecule has 0 amide bonds. The largest absolute Gasteiger partial charge is 0.396 e. The highest BCUT2D eigenvalue weighted by Gasteiger charge is 2.17. The highest BCUT2D eigenvalue weighted by molar-refractivity contribution is 7.94.